The molecule has 5 nitrogen and oxygen atoms in total. The van der Waals surface area contributed by atoms with E-state index in [1.807, 2.05) is 0 Å². The number of rotatable bonds is 3. The van der Waals surface area contributed by atoms with Crippen LogP contribution in [0.2, 0.25) is 0 Å². The zero-order chi connectivity index (χ0) is 13.1. The van der Waals surface area contributed by atoms with Gasteiger partial charge in [0.05, 0.1) is 10.6 Å². The van der Waals surface area contributed by atoms with Crippen molar-refractivity contribution >= 4 is 27.3 Å². The number of piperidine rings is 1. The molecule has 0 radical (unpaired) electrons. The number of nitro benzene ring substituents is 1. The molecule has 1 atom stereocenters. The summed E-state index contributed by atoms with van der Waals surface area (Å²) in [6.07, 6.45) is 3.42. The number of halogens is 1. The van der Waals surface area contributed by atoms with Crippen LogP contribution in [-0.4, -0.2) is 24.1 Å². The van der Waals surface area contributed by atoms with E-state index in [0.717, 1.165) is 29.5 Å². The first-order valence-corrected chi connectivity index (χ1v) is 6.83. The van der Waals surface area contributed by atoms with Crippen molar-refractivity contribution in [2.24, 2.45) is 5.73 Å². The van der Waals surface area contributed by atoms with E-state index < -0.39 is 0 Å². The number of nitrogens with zero attached hydrogens (tertiary/aromatic N) is 2. The van der Waals surface area contributed by atoms with Gasteiger partial charge in [0.1, 0.15) is 0 Å². The van der Waals surface area contributed by atoms with Crippen LogP contribution in [0.3, 0.4) is 0 Å². The van der Waals surface area contributed by atoms with Crippen LogP contribution in [0.5, 0.6) is 0 Å². The third-order valence-corrected chi connectivity index (χ3v) is 3.99. The maximum absolute atomic E-state index is 10.7. The summed E-state index contributed by atoms with van der Waals surface area (Å²) in [6.45, 7) is 1.57. The first-order chi connectivity index (χ1) is 8.63. The number of hydrogen-bond donors (Lipinski definition) is 1. The summed E-state index contributed by atoms with van der Waals surface area (Å²) in [6, 6.07) is 5.23. The predicted molar refractivity (Wildman–Crippen MR) is 74.8 cm³/mol. The molecule has 6 heteroatoms. The van der Waals surface area contributed by atoms with Crippen molar-refractivity contribution in [2.75, 3.05) is 18.0 Å². The molecule has 1 aromatic carbocycles. The molecular formula is C12H16BrN3O2. The fourth-order valence-electron chi connectivity index (χ4n) is 2.41. The Labute approximate surface area is 114 Å². The summed E-state index contributed by atoms with van der Waals surface area (Å²) in [5, 5.41) is 10.7. The number of nitro groups is 1. The maximum atomic E-state index is 10.7. The zero-order valence-corrected chi connectivity index (χ0v) is 11.6. The summed E-state index contributed by atoms with van der Waals surface area (Å²) in [4.78, 5) is 12.6. The van der Waals surface area contributed by atoms with Crippen LogP contribution >= 0.6 is 15.9 Å². The maximum Gasteiger partial charge on any atom is 0.270 e. The minimum atomic E-state index is -0.384. The van der Waals surface area contributed by atoms with Gasteiger partial charge in [0.2, 0.25) is 0 Å². The predicted octanol–water partition coefficient (Wildman–Crippen LogP) is 2.67. The molecule has 0 saturated carbocycles. The molecular weight excluding hydrogens is 298 g/mol. The highest BCUT2D eigenvalue weighted by Gasteiger charge is 2.23. The van der Waals surface area contributed by atoms with Crippen molar-refractivity contribution in [2.45, 2.75) is 25.3 Å². The molecule has 1 unspecified atom stereocenters. The lowest BCUT2D eigenvalue weighted by Gasteiger charge is -2.37. The van der Waals surface area contributed by atoms with Crippen molar-refractivity contribution < 1.29 is 4.92 Å². The lowest BCUT2D eigenvalue weighted by Crippen LogP contribution is -2.44. The van der Waals surface area contributed by atoms with E-state index in [9.17, 15) is 10.1 Å². The third-order valence-electron chi connectivity index (χ3n) is 3.35. The molecule has 1 aliphatic rings. The van der Waals surface area contributed by atoms with Crippen LogP contribution in [0.15, 0.2) is 22.7 Å². The average molecular weight is 314 g/mol. The average Bonchev–Trinajstić information content (AvgIpc) is 2.38. The summed E-state index contributed by atoms with van der Waals surface area (Å²) in [5.41, 5.74) is 6.89. The van der Waals surface area contributed by atoms with E-state index in [-0.39, 0.29) is 10.6 Å². The van der Waals surface area contributed by atoms with E-state index in [1.165, 1.54) is 6.42 Å². The van der Waals surface area contributed by atoms with Gasteiger partial charge in [0, 0.05) is 35.7 Å². The Bertz CT molecular complexity index is 453. The Hall–Kier alpha value is -1.14. The minimum absolute atomic E-state index is 0.104. The monoisotopic (exact) mass is 313 g/mol. The van der Waals surface area contributed by atoms with Gasteiger partial charge in [-0.3, -0.25) is 10.1 Å². The molecule has 1 aliphatic heterocycles. The van der Waals surface area contributed by atoms with E-state index in [1.54, 1.807) is 18.2 Å². The summed E-state index contributed by atoms with van der Waals surface area (Å²) < 4.78 is 0.761. The summed E-state index contributed by atoms with van der Waals surface area (Å²) in [7, 11) is 0. The van der Waals surface area contributed by atoms with Crippen LogP contribution in [0.4, 0.5) is 11.4 Å². The highest BCUT2D eigenvalue weighted by atomic mass is 79.9. The first kappa shape index (κ1) is 13.3. The molecule has 0 bridgehead atoms. The third kappa shape index (κ3) is 2.64. The van der Waals surface area contributed by atoms with Gasteiger partial charge >= 0.3 is 0 Å². The molecule has 2 N–H and O–H groups in total. The highest BCUT2D eigenvalue weighted by molar-refractivity contribution is 9.10. The summed E-state index contributed by atoms with van der Waals surface area (Å²) >= 11 is 3.42. The fraction of sp³-hybridized carbons (Fsp3) is 0.500. The smallest absolute Gasteiger partial charge is 0.270 e. The Balaban J connectivity index is 2.29. The zero-order valence-electron chi connectivity index (χ0n) is 10.0. The van der Waals surface area contributed by atoms with Crippen LogP contribution in [0.25, 0.3) is 0 Å². The number of non-ortho nitro benzene ring substituents is 1. The lowest BCUT2D eigenvalue weighted by molar-refractivity contribution is -0.384. The second kappa shape index (κ2) is 5.67. The molecule has 0 aromatic heterocycles. The second-order valence-electron chi connectivity index (χ2n) is 4.47. The lowest BCUT2D eigenvalue weighted by atomic mass is 10.0. The van der Waals surface area contributed by atoms with E-state index >= 15 is 0 Å². The van der Waals surface area contributed by atoms with Gasteiger partial charge in [-0.2, -0.15) is 0 Å². The van der Waals surface area contributed by atoms with Gasteiger partial charge < -0.3 is 10.6 Å². The molecule has 2 rings (SSSR count). The second-order valence-corrected chi connectivity index (χ2v) is 5.33. The van der Waals surface area contributed by atoms with E-state index in [0.29, 0.717) is 12.6 Å². The van der Waals surface area contributed by atoms with Crippen molar-refractivity contribution in [3.8, 4) is 0 Å². The van der Waals surface area contributed by atoms with Crippen LogP contribution in [-0.2, 0) is 0 Å². The largest absolute Gasteiger partial charge is 0.366 e. The quantitative estimate of drug-likeness (QED) is 0.688. The van der Waals surface area contributed by atoms with Gasteiger partial charge in [-0.25, -0.2) is 0 Å². The Morgan fingerprint density at radius 2 is 2.28 bits per heavy atom. The molecule has 0 spiro atoms. The van der Waals surface area contributed by atoms with Gasteiger partial charge in [-0.15, -0.1) is 0 Å². The first-order valence-electron chi connectivity index (χ1n) is 6.04. The molecule has 1 fully saturated rings. The standard InChI is InChI=1S/C12H16BrN3O2/c13-11-7-9(16(17)18)4-5-12(11)15-6-2-1-3-10(15)8-14/h4-5,7,10H,1-3,6,8,14H2. The molecule has 1 aromatic rings. The van der Waals surface area contributed by atoms with Gasteiger partial charge in [-0.05, 0) is 41.3 Å². The number of hydrogen-bond acceptors (Lipinski definition) is 4. The van der Waals surface area contributed by atoms with Crippen molar-refractivity contribution in [1.82, 2.24) is 0 Å². The number of benzene rings is 1. The SMILES string of the molecule is NCC1CCCCN1c1ccc([N+](=O)[O-])cc1Br. The molecule has 0 aliphatic carbocycles. The van der Waals surface area contributed by atoms with Crippen molar-refractivity contribution in [1.29, 1.82) is 0 Å². The Kier molecular flexibility index (Phi) is 4.19. The normalized spacial score (nSPS) is 19.9. The topological polar surface area (TPSA) is 72.4 Å². The molecule has 18 heavy (non-hydrogen) atoms. The van der Waals surface area contributed by atoms with E-state index in [4.69, 9.17) is 5.73 Å². The molecule has 98 valence electrons. The molecule has 1 saturated heterocycles. The van der Waals surface area contributed by atoms with Gasteiger partial charge in [0.25, 0.3) is 5.69 Å². The van der Waals surface area contributed by atoms with Crippen LogP contribution in [0, 0.1) is 10.1 Å². The number of anilines is 1. The van der Waals surface area contributed by atoms with Crippen molar-refractivity contribution in [3.05, 3.63) is 32.8 Å². The highest BCUT2D eigenvalue weighted by Crippen LogP contribution is 2.33. The van der Waals surface area contributed by atoms with Gasteiger partial charge in [0.15, 0.2) is 0 Å². The molecule has 0 amide bonds. The van der Waals surface area contributed by atoms with Crippen molar-refractivity contribution in [3.63, 3.8) is 0 Å². The summed E-state index contributed by atoms with van der Waals surface area (Å²) in [5.74, 6) is 0. The Morgan fingerprint density at radius 3 is 2.89 bits per heavy atom. The minimum Gasteiger partial charge on any atom is -0.366 e. The van der Waals surface area contributed by atoms with Gasteiger partial charge in [-0.1, -0.05) is 0 Å². The molecule has 1 heterocycles. The number of nitrogens with two attached hydrogens (primary N) is 1. The van der Waals surface area contributed by atoms with Crippen LogP contribution < -0.4 is 10.6 Å². The fourth-order valence-corrected chi connectivity index (χ4v) is 3.00. The van der Waals surface area contributed by atoms with Crippen LogP contribution in [0.1, 0.15) is 19.3 Å². The van der Waals surface area contributed by atoms with E-state index in [2.05, 4.69) is 20.8 Å². The Morgan fingerprint density at radius 1 is 1.50 bits per heavy atom.